The lowest BCUT2D eigenvalue weighted by Gasteiger charge is -2.23. The van der Waals surface area contributed by atoms with E-state index >= 15 is 0 Å². The Morgan fingerprint density at radius 1 is 1.05 bits per heavy atom. The van der Waals surface area contributed by atoms with E-state index in [-0.39, 0.29) is 6.04 Å². The summed E-state index contributed by atoms with van der Waals surface area (Å²) in [5.74, 6) is 8.41. The number of rotatable bonds is 9. The van der Waals surface area contributed by atoms with E-state index in [0.717, 1.165) is 17.7 Å². The average Bonchev–Trinajstić information content (AvgIpc) is 2.51. The number of hydrazine groups is 1. The van der Waals surface area contributed by atoms with Crippen LogP contribution in [0.2, 0.25) is 0 Å². The van der Waals surface area contributed by atoms with E-state index in [2.05, 4.69) is 19.3 Å². The summed E-state index contributed by atoms with van der Waals surface area (Å²) < 4.78 is 16.2. The third kappa shape index (κ3) is 4.51. The largest absolute Gasteiger partial charge is 0.496 e. The summed E-state index contributed by atoms with van der Waals surface area (Å²) in [7, 11) is 4.88. The Balaban J connectivity index is 3.12. The first-order chi connectivity index (χ1) is 10.1. The predicted molar refractivity (Wildman–Crippen MR) is 84.9 cm³/mol. The van der Waals surface area contributed by atoms with Crippen LogP contribution in [0.4, 0.5) is 0 Å². The second-order valence-electron chi connectivity index (χ2n) is 5.30. The van der Waals surface area contributed by atoms with Gasteiger partial charge in [0.05, 0.1) is 27.4 Å². The maximum Gasteiger partial charge on any atom is 0.164 e. The monoisotopic (exact) mass is 296 g/mol. The quantitative estimate of drug-likeness (QED) is 0.541. The minimum absolute atomic E-state index is 0.0151. The Morgan fingerprint density at radius 3 is 2.10 bits per heavy atom. The van der Waals surface area contributed by atoms with Gasteiger partial charge in [-0.2, -0.15) is 0 Å². The first-order valence-electron chi connectivity index (χ1n) is 7.37. The lowest BCUT2D eigenvalue weighted by atomic mass is 9.92. The van der Waals surface area contributed by atoms with Crippen LogP contribution < -0.4 is 25.5 Å². The molecular weight excluding hydrogens is 268 g/mol. The number of nitrogens with two attached hydrogens (primary N) is 1. The molecule has 0 heterocycles. The van der Waals surface area contributed by atoms with Gasteiger partial charge in [-0.25, -0.2) is 0 Å². The summed E-state index contributed by atoms with van der Waals surface area (Å²) in [5.41, 5.74) is 3.88. The normalized spacial score (nSPS) is 13.6. The van der Waals surface area contributed by atoms with E-state index in [1.54, 1.807) is 21.3 Å². The standard InChI is InChI=1S/C16H28N2O3/c1-6-7-11(2)8-13(18-17)12-9-15(20-4)16(21-5)10-14(12)19-3/h9-11,13,18H,6-8,17H2,1-5H3. The first kappa shape index (κ1) is 17.6. The smallest absolute Gasteiger partial charge is 0.164 e. The lowest BCUT2D eigenvalue weighted by molar-refractivity contribution is 0.339. The van der Waals surface area contributed by atoms with E-state index < -0.39 is 0 Å². The molecule has 0 aliphatic heterocycles. The predicted octanol–water partition coefficient (Wildman–Crippen LogP) is 3.04. The number of nitrogens with one attached hydrogen (secondary N) is 1. The molecule has 0 saturated heterocycles. The number of benzene rings is 1. The van der Waals surface area contributed by atoms with Gasteiger partial charge in [-0.1, -0.05) is 26.7 Å². The Labute approximate surface area is 127 Å². The zero-order chi connectivity index (χ0) is 15.8. The summed E-state index contributed by atoms with van der Waals surface area (Å²) in [5, 5.41) is 0. The second kappa shape index (κ2) is 8.74. The van der Waals surface area contributed by atoms with Crippen LogP contribution in [-0.2, 0) is 0 Å². The van der Waals surface area contributed by atoms with Gasteiger partial charge in [0.2, 0.25) is 0 Å². The zero-order valence-corrected chi connectivity index (χ0v) is 13.7. The van der Waals surface area contributed by atoms with Crippen LogP contribution in [0.15, 0.2) is 12.1 Å². The molecule has 0 bridgehead atoms. The van der Waals surface area contributed by atoms with Crippen LogP contribution in [0, 0.1) is 5.92 Å². The molecule has 5 nitrogen and oxygen atoms in total. The van der Waals surface area contributed by atoms with Crippen LogP contribution in [0.1, 0.15) is 44.7 Å². The van der Waals surface area contributed by atoms with Crippen molar-refractivity contribution in [2.24, 2.45) is 11.8 Å². The highest BCUT2D eigenvalue weighted by atomic mass is 16.5. The molecule has 0 aliphatic rings. The minimum Gasteiger partial charge on any atom is -0.496 e. The van der Waals surface area contributed by atoms with Gasteiger partial charge in [0.1, 0.15) is 5.75 Å². The molecule has 1 rings (SSSR count). The molecule has 0 spiro atoms. The molecule has 2 atom stereocenters. The maximum atomic E-state index is 5.76. The third-order valence-electron chi connectivity index (χ3n) is 3.73. The fourth-order valence-corrected chi connectivity index (χ4v) is 2.62. The van der Waals surface area contributed by atoms with Gasteiger partial charge in [-0.05, 0) is 18.4 Å². The number of ether oxygens (including phenoxy) is 3. The Morgan fingerprint density at radius 2 is 1.62 bits per heavy atom. The maximum absolute atomic E-state index is 5.76. The summed E-state index contributed by atoms with van der Waals surface area (Å²) in [6.07, 6.45) is 3.28. The molecule has 1 aromatic rings. The number of methoxy groups -OCH3 is 3. The average molecular weight is 296 g/mol. The van der Waals surface area contributed by atoms with Gasteiger partial charge < -0.3 is 14.2 Å². The molecule has 120 valence electrons. The van der Waals surface area contributed by atoms with Crippen molar-refractivity contribution >= 4 is 0 Å². The fourth-order valence-electron chi connectivity index (χ4n) is 2.62. The number of hydrogen-bond acceptors (Lipinski definition) is 5. The highest BCUT2D eigenvalue weighted by Gasteiger charge is 2.21. The van der Waals surface area contributed by atoms with Crippen molar-refractivity contribution in [2.75, 3.05) is 21.3 Å². The summed E-state index contributed by atoms with van der Waals surface area (Å²) in [6, 6.07) is 3.78. The number of hydrogen-bond donors (Lipinski definition) is 2. The van der Waals surface area contributed by atoms with Crippen molar-refractivity contribution in [3.8, 4) is 17.2 Å². The Bertz CT molecular complexity index is 438. The van der Waals surface area contributed by atoms with Gasteiger partial charge >= 0.3 is 0 Å². The SMILES string of the molecule is CCCC(C)CC(NN)c1cc(OC)c(OC)cc1OC. The third-order valence-corrected chi connectivity index (χ3v) is 3.73. The van der Waals surface area contributed by atoms with Crippen LogP contribution >= 0.6 is 0 Å². The Hall–Kier alpha value is -1.46. The van der Waals surface area contributed by atoms with Crippen molar-refractivity contribution in [3.63, 3.8) is 0 Å². The first-order valence-corrected chi connectivity index (χ1v) is 7.37. The van der Waals surface area contributed by atoms with Crippen LogP contribution in [-0.4, -0.2) is 21.3 Å². The zero-order valence-electron chi connectivity index (χ0n) is 13.7. The molecule has 0 saturated carbocycles. The van der Waals surface area contributed by atoms with E-state index in [0.29, 0.717) is 17.4 Å². The van der Waals surface area contributed by atoms with Crippen LogP contribution in [0.25, 0.3) is 0 Å². The lowest BCUT2D eigenvalue weighted by Crippen LogP contribution is -2.29. The molecular formula is C16H28N2O3. The Kier molecular flexibility index (Phi) is 7.32. The summed E-state index contributed by atoms with van der Waals surface area (Å²) in [6.45, 7) is 4.43. The van der Waals surface area contributed by atoms with Gasteiger partial charge in [0.15, 0.2) is 11.5 Å². The highest BCUT2D eigenvalue weighted by molar-refractivity contribution is 5.51. The van der Waals surface area contributed by atoms with Gasteiger partial charge in [0.25, 0.3) is 0 Å². The van der Waals surface area contributed by atoms with E-state index in [4.69, 9.17) is 20.1 Å². The van der Waals surface area contributed by atoms with Gasteiger partial charge in [-0.15, -0.1) is 0 Å². The van der Waals surface area contributed by atoms with Gasteiger partial charge in [0, 0.05) is 11.6 Å². The van der Waals surface area contributed by atoms with Crippen molar-refractivity contribution < 1.29 is 14.2 Å². The second-order valence-corrected chi connectivity index (χ2v) is 5.30. The molecule has 3 N–H and O–H groups in total. The molecule has 0 radical (unpaired) electrons. The van der Waals surface area contributed by atoms with Crippen LogP contribution in [0.5, 0.6) is 17.2 Å². The molecule has 1 aromatic carbocycles. The van der Waals surface area contributed by atoms with E-state index in [1.807, 2.05) is 12.1 Å². The highest BCUT2D eigenvalue weighted by Crippen LogP contribution is 2.39. The summed E-state index contributed by atoms with van der Waals surface area (Å²) >= 11 is 0. The molecule has 21 heavy (non-hydrogen) atoms. The van der Waals surface area contributed by atoms with Crippen molar-refractivity contribution in [1.82, 2.24) is 5.43 Å². The molecule has 0 amide bonds. The van der Waals surface area contributed by atoms with E-state index in [9.17, 15) is 0 Å². The minimum atomic E-state index is 0.0151. The molecule has 0 fully saturated rings. The van der Waals surface area contributed by atoms with Crippen molar-refractivity contribution in [3.05, 3.63) is 17.7 Å². The summed E-state index contributed by atoms with van der Waals surface area (Å²) in [4.78, 5) is 0. The fraction of sp³-hybridized carbons (Fsp3) is 0.625. The van der Waals surface area contributed by atoms with Crippen molar-refractivity contribution in [1.29, 1.82) is 0 Å². The topological polar surface area (TPSA) is 65.7 Å². The molecule has 2 unspecified atom stereocenters. The van der Waals surface area contributed by atoms with Crippen molar-refractivity contribution in [2.45, 2.75) is 39.2 Å². The molecule has 0 aliphatic carbocycles. The van der Waals surface area contributed by atoms with Gasteiger partial charge in [-0.3, -0.25) is 11.3 Å². The van der Waals surface area contributed by atoms with E-state index in [1.165, 1.54) is 12.8 Å². The molecule has 5 heteroatoms. The van der Waals surface area contributed by atoms with Crippen LogP contribution in [0.3, 0.4) is 0 Å². The molecule has 0 aromatic heterocycles.